The van der Waals surface area contributed by atoms with E-state index in [0.717, 1.165) is 5.56 Å². The van der Waals surface area contributed by atoms with Gasteiger partial charge in [-0.05, 0) is 18.5 Å². The second-order valence-corrected chi connectivity index (χ2v) is 2.64. The second kappa shape index (κ2) is 5.09. The maximum absolute atomic E-state index is 10.7. The molecule has 1 nitrogen and oxygen atoms in total. The predicted octanol–water partition coefficient (Wildman–Crippen LogP) is 2.85. The number of rotatable bonds is 3. The molecule has 0 radical (unpaired) electrons. The van der Waals surface area contributed by atoms with Crippen LogP contribution in [0.5, 0.6) is 0 Å². The molecule has 0 bridgehead atoms. The van der Waals surface area contributed by atoms with E-state index in [0.29, 0.717) is 0 Å². The highest BCUT2D eigenvalue weighted by Crippen LogP contribution is 2.00. The SMILES string of the molecule is [2H]/C(=C\C=C\c1ccccc1)C(C)=O. The minimum absolute atomic E-state index is 0.0252. The fraction of sp³-hybridized carbons (Fsp3) is 0.0833. The summed E-state index contributed by atoms with van der Waals surface area (Å²) in [5.74, 6) is -0.220. The van der Waals surface area contributed by atoms with Gasteiger partial charge < -0.3 is 0 Å². The first-order valence-corrected chi connectivity index (χ1v) is 4.11. The number of carbonyl (C=O) groups is 1. The molecule has 66 valence electrons. The van der Waals surface area contributed by atoms with Crippen LogP contribution in [0.4, 0.5) is 0 Å². The molecule has 1 aromatic rings. The topological polar surface area (TPSA) is 17.1 Å². The Morgan fingerprint density at radius 1 is 1.31 bits per heavy atom. The zero-order valence-electron chi connectivity index (χ0n) is 8.53. The summed E-state index contributed by atoms with van der Waals surface area (Å²) in [6, 6.07) is 9.77. The monoisotopic (exact) mass is 173 g/mol. The van der Waals surface area contributed by atoms with Gasteiger partial charge in [0.2, 0.25) is 0 Å². The van der Waals surface area contributed by atoms with Gasteiger partial charge in [-0.3, -0.25) is 4.79 Å². The van der Waals surface area contributed by atoms with Crippen molar-refractivity contribution in [3.63, 3.8) is 0 Å². The molecular weight excluding hydrogens is 160 g/mol. The number of carbonyl (C=O) groups excluding carboxylic acids is 1. The van der Waals surface area contributed by atoms with Gasteiger partial charge in [-0.1, -0.05) is 48.6 Å². The minimum atomic E-state index is -0.220. The Kier molecular flexibility index (Phi) is 3.13. The van der Waals surface area contributed by atoms with Gasteiger partial charge in [-0.2, -0.15) is 0 Å². The lowest BCUT2D eigenvalue weighted by molar-refractivity contribution is -0.112. The Balaban J connectivity index is 2.66. The van der Waals surface area contributed by atoms with Crippen molar-refractivity contribution in [1.29, 1.82) is 0 Å². The number of benzene rings is 1. The molecule has 0 amide bonds. The zero-order chi connectivity index (χ0) is 10.4. The summed E-state index contributed by atoms with van der Waals surface area (Å²) in [4.78, 5) is 10.7. The van der Waals surface area contributed by atoms with Crippen LogP contribution in [-0.4, -0.2) is 5.78 Å². The lowest BCUT2D eigenvalue weighted by atomic mass is 10.2. The summed E-state index contributed by atoms with van der Waals surface area (Å²) in [7, 11) is 0. The molecule has 0 saturated carbocycles. The van der Waals surface area contributed by atoms with Gasteiger partial charge in [0.05, 0.1) is 1.37 Å². The molecular formula is C12H12O. The molecule has 0 N–H and O–H groups in total. The summed E-state index contributed by atoms with van der Waals surface area (Å²) in [6.45, 7) is 1.38. The molecule has 0 spiro atoms. The predicted molar refractivity (Wildman–Crippen MR) is 55.3 cm³/mol. The van der Waals surface area contributed by atoms with E-state index in [9.17, 15) is 4.79 Å². The van der Waals surface area contributed by atoms with Crippen LogP contribution >= 0.6 is 0 Å². The van der Waals surface area contributed by atoms with Gasteiger partial charge in [0.1, 0.15) is 0 Å². The van der Waals surface area contributed by atoms with Crippen molar-refractivity contribution in [3.05, 3.63) is 54.1 Å². The average Bonchev–Trinajstić information content (AvgIpc) is 2.19. The van der Waals surface area contributed by atoms with Gasteiger partial charge in [0, 0.05) is 0 Å². The fourth-order valence-electron chi connectivity index (χ4n) is 0.889. The molecule has 13 heavy (non-hydrogen) atoms. The molecule has 0 aromatic heterocycles. The second-order valence-electron chi connectivity index (χ2n) is 2.64. The first kappa shape index (κ1) is 7.99. The van der Waals surface area contributed by atoms with Crippen LogP contribution in [0, 0.1) is 0 Å². The quantitative estimate of drug-likeness (QED) is 0.507. The van der Waals surface area contributed by atoms with Crippen LogP contribution in [0.2, 0.25) is 0 Å². The Morgan fingerprint density at radius 3 is 2.62 bits per heavy atom. The molecule has 0 fully saturated rings. The third-order valence-electron chi connectivity index (χ3n) is 1.47. The third kappa shape index (κ3) is 4.06. The summed E-state index contributed by atoms with van der Waals surface area (Å²) in [6.07, 6.45) is 5.06. The van der Waals surface area contributed by atoms with E-state index in [1.807, 2.05) is 36.4 Å². The molecule has 1 rings (SSSR count). The molecule has 0 heterocycles. The first-order chi connectivity index (χ1) is 6.70. The molecule has 0 aliphatic heterocycles. The average molecular weight is 173 g/mol. The van der Waals surface area contributed by atoms with Crippen LogP contribution in [0.25, 0.3) is 6.08 Å². The van der Waals surface area contributed by atoms with Gasteiger partial charge in [0.25, 0.3) is 0 Å². The van der Waals surface area contributed by atoms with Crippen molar-refractivity contribution in [2.75, 3.05) is 0 Å². The number of allylic oxidation sites excluding steroid dienone is 3. The molecule has 0 saturated heterocycles. The Labute approximate surface area is 79.8 Å². The van der Waals surface area contributed by atoms with E-state index in [2.05, 4.69) is 0 Å². The largest absolute Gasteiger partial charge is 0.295 e. The number of ketones is 1. The molecule has 0 aliphatic rings. The van der Waals surface area contributed by atoms with Crippen LogP contribution in [-0.2, 0) is 4.79 Å². The highest BCUT2D eigenvalue weighted by atomic mass is 16.1. The summed E-state index contributed by atoms with van der Waals surface area (Å²) in [5, 5.41) is 0. The Hall–Kier alpha value is -1.63. The number of hydrogen-bond donors (Lipinski definition) is 0. The summed E-state index contributed by atoms with van der Waals surface area (Å²) < 4.78 is 7.25. The standard InChI is InChI=1S/C12H12O/c1-11(13)7-5-6-10-12-8-3-2-4-9-12/h2-10H,1H3/b7-5+,10-6+/i7D. The van der Waals surface area contributed by atoms with Gasteiger partial charge in [-0.15, -0.1) is 0 Å². The maximum atomic E-state index is 10.7. The lowest BCUT2D eigenvalue weighted by Gasteiger charge is -1.87. The van der Waals surface area contributed by atoms with E-state index in [4.69, 9.17) is 1.37 Å². The van der Waals surface area contributed by atoms with E-state index in [-0.39, 0.29) is 11.8 Å². The van der Waals surface area contributed by atoms with E-state index < -0.39 is 0 Å². The van der Waals surface area contributed by atoms with Gasteiger partial charge in [-0.25, -0.2) is 0 Å². The fourth-order valence-corrected chi connectivity index (χ4v) is 0.889. The minimum Gasteiger partial charge on any atom is -0.295 e. The van der Waals surface area contributed by atoms with E-state index in [1.165, 1.54) is 13.0 Å². The summed E-state index contributed by atoms with van der Waals surface area (Å²) in [5.41, 5.74) is 1.06. The Morgan fingerprint density at radius 2 is 2.00 bits per heavy atom. The molecule has 1 heteroatoms. The van der Waals surface area contributed by atoms with Crippen molar-refractivity contribution >= 4 is 11.9 Å². The first-order valence-electron chi connectivity index (χ1n) is 4.61. The molecule has 0 unspecified atom stereocenters. The van der Waals surface area contributed by atoms with Crippen molar-refractivity contribution in [3.8, 4) is 0 Å². The smallest absolute Gasteiger partial charge is 0.152 e. The number of hydrogen-bond acceptors (Lipinski definition) is 1. The van der Waals surface area contributed by atoms with Crippen molar-refractivity contribution in [2.24, 2.45) is 0 Å². The van der Waals surface area contributed by atoms with Crippen LogP contribution in [0.15, 0.2) is 48.5 Å². The van der Waals surface area contributed by atoms with E-state index in [1.54, 1.807) is 6.08 Å². The highest BCUT2D eigenvalue weighted by Gasteiger charge is 1.80. The molecule has 0 aliphatic carbocycles. The zero-order valence-corrected chi connectivity index (χ0v) is 7.53. The summed E-state index contributed by atoms with van der Waals surface area (Å²) >= 11 is 0. The van der Waals surface area contributed by atoms with Crippen molar-refractivity contribution in [1.82, 2.24) is 0 Å². The van der Waals surface area contributed by atoms with Crippen molar-refractivity contribution < 1.29 is 6.17 Å². The van der Waals surface area contributed by atoms with Crippen LogP contribution in [0.1, 0.15) is 13.9 Å². The Bertz CT molecular complexity index is 363. The molecule has 1 aromatic carbocycles. The van der Waals surface area contributed by atoms with Crippen LogP contribution < -0.4 is 0 Å². The molecule has 0 atom stereocenters. The maximum Gasteiger partial charge on any atom is 0.152 e. The van der Waals surface area contributed by atoms with Crippen molar-refractivity contribution in [2.45, 2.75) is 6.92 Å². The van der Waals surface area contributed by atoms with Gasteiger partial charge in [0.15, 0.2) is 5.78 Å². The highest BCUT2D eigenvalue weighted by molar-refractivity contribution is 5.87. The third-order valence-corrected chi connectivity index (χ3v) is 1.47. The lowest BCUT2D eigenvalue weighted by Crippen LogP contribution is -1.77. The van der Waals surface area contributed by atoms with Crippen LogP contribution in [0.3, 0.4) is 0 Å². The van der Waals surface area contributed by atoms with E-state index >= 15 is 0 Å². The van der Waals surface area contributed by atoms with Gasteiger partial charge >= 0.3 is 0 Å². The normalized spacial score (nSPS) is 13.0.